The molecule has 0 spiro atoms. The Balaban J connectivity index is 2.79. The van der Waals surface area contributed by atoms with Crippen molar-refractivity contribution in [3.63, 3.8) is 0 Å². The monoisotopic (exact) mass is 233 g/mol. The van der Waals surface area contributed by atoms with Crippen molar-refractivity contribution in [3.8, 4) is 5.75 Å². The van der Waals surface area contributed by atoms with Gasteiger partial charge in [-0.3, -0.25) is 9.36 Å². The second-order valence-corrected chi connectivity index (χ2v) is 3.62. The van der Waals surface area contributed by atoms with Crippen LogP contribution in [0.3, 0.4) is 0 Å². The van der Waals surface area contributed by atoms with Crippen LogP contribution >= 0.6 is 0 Å². The normalized spacial score (nSPS) is 10.5. The smallest absolute Gasteiger partial charge is 0.340 e. The fourth-order valence-electron chi connectivity index (χ4n) is 1.75. The van der Waals surface area contributed by atoms with E-state index in [1.54, 1.807) is 6.07 Å². The van der Waals surface area contributed by atoms with Gasteiger partial charge in [0, 0.05) is 24.6 Å². The lowest BCUT2D eigenvalue weighted by Gasteiger charge is -1.99. The topological polar surface area (TPSA) is 68.5 Å². The summed E-state index contributed by atoms with van der Waals surface area (Å²) in [5.41, 5.74) is 0.788. The van der Waals surface area contributed by atoms with Crippen LogP contribution in [0.5, 0.6) is 5.75 Å². The third-order valence-electron chi connectivity index (χ3n) is 2.53. The van der Waals surface area contributed by atoms with E-state index in [0.717, 1.165) is 0 Å². The highest BCUT2D eigenvalue weighted by molar-refractivity contribution is 6.07. The maximum absolute atomic E-state index is 11.5. The number of carbonyl (C=O) groups excluding carboxylic acids is 2. The lowest BCUT2D eigenvalue weighted by atomic mass is 10.2. The zero-order valence-electron chi connectivity index (χ0n) is 9.43. The van der Waals surface area contributed by atoms with Crippen LogP contribution < -0.4 is 0 Å². The molecule has 5 nitrogen and oxygen atoms in total. The van der Waals surface area contributed by atoms with E-state index in [-0.39, 0.29) is 11.7 Å². The fourth-order valence-corrected chi connectivity index (χ4v) is 1.75. The van der Waals surface area contributed by atoms with Crippen molar-refractivity contribution in [2.24, 2.45) is 0 Å². The first-order valence-electron chi connectivity index (χ1n) is 4.98. The number of methoxy groups -OCH3 is 1. The van der Waals surface area contributed by atoms with Gasteiger partial charge in [-0.2, -0.15) is 0 Å². The number of nitrogens with zero attached hydrogens (tertiary/aromatic N) is 1. The number of benzene rings is 1. The number of hydrogen-bond acceptors (Lipinski definition) is 4. The Morgan fingerprint density at radius 3 is 2.65 bits per heavy atom. The minimum atomic E-state index is -0.513. The van der Waals surface area contributed by atoms with Crippen molar-refractivity contribution in [1.82, 2.24) is 4.57 Å². The zero-order chi connectivity index (χ0) is 12.6. The quantitative estimate of drug-likeness (QED) is 0.762. The van der Waals surface area contributed by atoms with E-state index in [4.69, 9.17) is 0 Å². The average Bonchev–Trinajstić information content (AvgIpc) is 2.66. The molecule has 1 aromatic heterocycles. The Morgan fingerprint density at radius 1 is 1.35 bits per heavy atom. The number of carbonyl (C=O) groups is 2. The van der Waals surface area contributed by atoms with Crippen molar-refractivity contribution in [2.45, 2.75) is 6.92 Å². The van der Waals surface area contributed by atoms with Crippen LogP contribution in [0.2, 0.25) is 0 Å². The van der Waals surface area contributed by atoms with Gasteiger partial charge in [0.25, 0.3) is 0 Å². The zero-order valence-corrected chi connectivity index (χ0v) is 9.43. The summed E-state index contributed by atoms with van der Waals surface area (Å²) in [6.45, 7) is 1.38. The lowest BCUT2D eigenvalue weighted by Crippen LogP contribution is -2.04. The summed E-state index contributed by atoms with van der Waals surface area (Å²) in [6.07, 6.45) is 1.41. The van der Waals surface area contributed by atoms with E-state index < -0.39 is 5.97 Å². The Morgan fingerprint density at radius 2 is 2.06 bits per heavy atom. The molecule has 5 heteroatoms. The lowest BCUT2D eigenvalue weighted by molar-refractivity contribution is 0.0603. The molecule has 0 bridgehead atoms. The number of aromatic nitrogens is 1. The molecular formula is C12H11NO4. The fraction of sp³-hybridized carbons (Fsp3) is 0.167. The van der Waals surface area contributed by atoms with Gasteiger partial charge in [-0.05, 0) is 12.1 Å². The summed E-state index contributed by atoms with van der Waals surface area (Å²) in [5, 5.41) is 9.97. The van der Waals surface area contributed by atoms with Crippen LogP contribution in [0, 0.1) is 0 Å². The molecule has 1 heterocycles. The number of esters is 1. The number of aromatic hydroxyl groups is 1. The van der Waals surface area contributed by atoms with Crippen LogP contribution in [-0.2, 0) is 4.74 Å². The Bertz CT molecular complexity index is 612. The van der Waals surface area contributed by atoms with Crippen LogP contribution in [0.4, 0.5) is 0 Å². The number of hydrogen-bond donors (Lipinski definition) is 1. The molecule has 0 saturated heterocycles. The molecule has 1 N–H and O–H groups in total. The van der Waals surface area contributed by atoms with Gasteiger partial charge in [0.05, 0.1) is 18.2 Å². The first-order chi connectivity index (χ1) is 8.04. The predicted molar refractivity (Wildman–Crippen MR) is 61.2 cm³/mol. The summed E-state index contributed by atoms with van der Waals surface area (Å²) in [4.78, 5) is 23.0. The van der Waals surface area contributed by atoms with Gasteiger partial charge in [0.15, 0.2) is 0 Å². The molecule has 1 aromatic carbocycles. The summed E-state index contributed by atoms with van der Waals surface area (Å²) in [6, 6.07) is 4.47. The Kier molecular flexibility index (Phi) is 2.59. The highest BCUT2D eigenvalue weighted by Crippen LogP contribution is 2.25. The van der Waals surface area contributed by atoms with Crippen molar-refractivity contribution >= 4 is 22.8 Å². The molecule has 88 valence electrons. The molecule has 2 rings (SSSR count). The van der Waals surface area contributed by atoms with Crippen LogP contribution in [0.25, 0.3) is 10.9 Å². The molecule has 0 saturated carbocycles. The number of phenolic OH excluding ortho intramolecular Hbond substituents is 1. The highest BCUT2D eigenvalue weighted by atomic mass is 16.5. The molecule has 17 heavy (non-hydrogen) atoms. The predicted octanol–water partition coefficient (Wildman–Crippen LogP) is 1.79. The Labute approximate surface area is 97.2 Å². The van der Waals surface area contributed by atoms with Gasteiger partial charge in [0.1, 0.15) is 5.75 Å². The number of ether oxygens (including phenoxy) is 1. The third-order valence-corrected chi connectivity index (χ3v) is 2.53. The van der Waals surface area contributed by atoms with Crippen LogP contribution in [0.1, 0.15) is 22.1 Å². The second-order valence-electron chi connectivity index (χ2n) is 3.62. The first kappa shape index (κ1) is 11.2. The van der Waals surface area contributed by atoms with E-state index >= 15 is 0 Å². The number of rotatable bonds is 1. The summed E-state index contributed by atoms with van der Waals surface area (Å²) in [7, 11) is 1.28. The summed E-state index contributed by atoms with van der Waals surface area (Å²) >= 11 is 0. The SMILES string of the molecule is COC(=O)c1cn(C(C)=O)c2cc(O)ccc12. The molecule has 0 amide bonds. The van der Waals surface area contributed by atoms with Gasteiger partial charge in [-0.25, -0.2) is 4.79 Å². The molecule has 2 aromatic rings. The third kappa shape index (κ3) is 1.75. The van der Waals surface area contributed by atoms with Gasteiger partial charge in [-0.1, -0.05) is 0 Å². The average molecular weight is 233 g/mol. The minimum absolute atomic E-state index is 0.0366. The largest absolute Gasteiger partial charge is 0.508 e. The van der Waals surface area contributed by atoms with Crippen molar-refractivity contribution in [1.29, 1.82) is 0 Å². The van der Waals surface area contributed by atoms with Crippen molar-refractivity contribution in [3.05, 3.63) is 30.0 Å². The highest BCUT2D eigenvalue weighted by Gasteiger charge is 2.17. The minimum Gasteiger partial charge on any atom is -0.508 e. The molecule has 0 aliphatic heterocycles. The molecule has 0 fully saturated rings. The second kappa shape index (κ2) is 3.93. The first-order valence-corrected chi connectivity index (χ1v) is 4.98. The van der Waals surface area contributed by atoms with E-state index in [1.165, 1.54) is 36.9 Å². The van der Waals surface area contributed by atoms with Gasteiger partial charge in [0.2, 0.25) is 5.91 Å². The number of fused-ring (bicyclic) bond motifs is 1. The van der Waals surface area contributed by atoms with Gasteiger partial charge in [-0.15, -0.1) is 0 Å². The Hall–Kier alpha value is -2.30. The van der Waals surface area contributed by atoms with Crippen LogP contribution in [0.15, 0.2) is 24.4 Å². The van der Waals surface area contributed by atoms with E-state index in [2.05, 4.69) is 4.74 Å². The van der Waals surface area contributed by atoms with Crippen LogP contribution in [-0.4, -0.2) is 28.7 Å². The summed E-state index contributed by atoms with van der Waals surface area (Å²) < 4.78 is 5.95. The summed E-state index contributed by atoms with van der Waals surface area (Å²) in [5.74, 6) is -0.717. The van der Waals surface area contributed by atoms with Gasteiger partial charge < -0.3 is 9.84 Å². The van der Waals surface area contributed by atoms with Gasteiger partial charge >= 0.3 is 5.97 Å². The molecule has 0 aliphatic rings. The van der Waals surface area contributed by atoms with Crippen molar-refractivity contribution in [2.75, 3.05) is 7.11 Å². The number of phenols is 1. The molecule has 0 unspecified atom stereocenters. The maximum atomic E-state index is 11.5. The van der Waals surface area contributed by atoms with E-state index in [0.29, 0.717) is 16.5 Å². The standard InChI is InChI=1S/C12H11NO4/c1-7(14)13-6-10(12(16)17-2)9-4-3-8(15)5-11(9)13/h3-6,15H,1-2H3. The van der Waals surface area contributed by atoms with Crippen molar-refractivity contribution < 1.29 is 19.4 Å². The van der Waals surface area contributed by atoms with E-state index in [9.17, 15) is 14.7 Å². The molecular weight excluding hydrogens is 222 g/mol. The molecule has 0 radical (unpaired) electrons. The molecule has 0 aliphatic carbocycles. The molecule has 0 atom stereocenters. The maximum Gasteiger partial charge on any atom is 0.340 e. The van der Waals surface area contributed by atoms with E-state index in [1.807, 2.05) is 0 Å².